The van der Waals surface area contributed by atoms with Crippen LogP contribution in [0.3, 0.4) is 0 Å². The Balaban J connectivity index is 1.74. The molecule has 4 heteroatoms. The second-order valence-corrected chi connectivity index (χ2v) is 3.93. The number of esters is 1. The number of carbonyl (C=O) groups excluding carboxylic acids is 1. The fourth-order valence-electron chi connectivity index (χ4n) is 1.51. The zero-order valence-electron chi connectivity index (χ0n) is 10.3. The van der Waals surface area contributed by atoms with Crippen LogP contribution in [0.4, 0.5) is 0 Å². The number of hydrogen-bond acceptors (Lipinski definition) is 4. The first kappa shape index (κ1) is 13.1. The molecule has 0 atom stereocenters. The molecule has 0 aromatic heterocycles. The molecular weight excluding hydrogens is 244 g/mol. The lowest BCUT2D eigenvalue weighted by Crippen LogP contribution is -2.08. The Bertz CT molecular complexity index is 520. The zero-order chi connectivity index (χ0) is 13.5. The van der Waals surface area contributed by atoms with Crippen LogP contribution in [0.25, 0.3) is 0 Å². The smallest absolute Gasteiger partial charge is 0.340 e. The Hall–Kier alpha value is -2.33. The molecule has 0 fully saturated rings. The standard InChI is InChI=1S/C15H14O4/c16-14-8-6-13(7-9-14)15(17)19-11-18-10-12-4-2-1-3-5-12/h1-9,16H,10-11H2. The topological polar surface area (TPSA) is 55.8 Å². The van der Waals surface area contributed by atoms with Gasteiger partial charge in [-0.2, -0.15) is 0 Å². The molecule has 0 heterocycles. The van der Waals surface area contributed by atoms with Gasteiger partial charge in [0.25, 0.3) is 0 Å². The molecule has 0 aliphatic rings. The van der Waals surface area contributed by atoms with Crippen molar-refractivity contribution >= 4 is 5.97 Å². The first-order chi connectivity index (χ1) is 9.25. The van der Waals surface area contributed by atoms with Crippen LogP contribution in [0.1, 0.15) is 15.9 Å². The molecule has 98 valence electrons. The van der Waals surface area contributed by atoms with Crippen LogP contribution in [-0.4, -0.2) is 17.9 Å². The summed E-state index contributed by atoms with van der Waals surface area (Å²) in [6.07, 6.45) is 0. The highest BCUT2D eigenvalue weighted by Gasteiger charge is 2.06. The summed E-state index contributed by atoms with van der Waals surface area (Å²) in [6, 6.07) is 15.5. The predicted molar refractivity (Wildman–Crippen MR) is 69.6 cm³/mol. The van der Waals surface area contributed by atoms with E-state index in [-0.39, 0.29) is 12.5 Å². The normalized spacial score (nSPS) is 10.1. The van der Waals surface area contributed by atoms with Crippen LogP contribution in [0, 0.1) is 0 Å². The van der Waals surface area contributed by atoms with Crippen molar-refractivity contribution in [1.29, 1.82) is 0 Å². The van der Waals surface area contributed by atoms with Crippen molar-refractivity contribution in [3.63, 3.8) is 0 Å². The summed E-state index contributed by atoms with van der Waals surface area (Å²) >= 11 is 0. The maximum atomic E-state index is 11.6. The monoisotopic (exact) mass is 258 g/mol. The number of phenols is 1. The van der Waals surface area contributed by atoms with Crippen molar-refractivity contribution in [3.8, 4) is 5.75 Å². The highest BCUT2D eigenvalue weighted by molar-refractivity contribution is 5.89. The Morgan fingerprint density at radius 2 is 1.68 bits per heavy atom. The molecule has 4 nitrogen and oxygen atoms in total. The van der Waals surface area contributed by atoms with E-state index in [4.69, 9.17) is 14.6 Å². The lowest BCUT2D eigenvalue weighted by Gasteiger charge is -2.06. The molecule has 0 aliphatic heterocycles. The summed E-state index contributed by atoms with van der Waals surface area (Å²) in [5.41, 5.74) is 1.39. The minimum atomic E-state index is -0.479. The lowest BCUT2D eigenvalue weighted by molar-refractivity contribution is -0.0381. The van der Waals surface area contributed by atoms with Gasteiger partial charge in [-0.15, -0.1) is 0 Å². The molecule has 0 saturated carbocycles. The summed E-state index contributed by atoms with van der Waals surface area (Å²) in [5.74, 6) is -0.370. The zero-order valence-corrected chi connectivity index (χ0v) is 10.3. The van der Waals surface area contributed by atoms with Gasteiger partial charge in [0.15, 0.2) is 6.79 Å². The molecular formula is C15H14O4. The summed E-state index contributed by atoms with van der Waals surface area (Å²) in [7, 11) is 0. The van der Waals surface area contributed by atoms with Crippen LogP contribution >= 0.6 is 0 Å². The highest BCUT2D eigenvalue weighted by atomic mass is 16.7. The fourth-order valence-corrected chi connectivity index (χ4v) is 1.51. The minimum Gasteiger partial charge on any atom is -0.508 e. The van der Waals surface area contributed by atoms with E-state index in [2.05, 4.69) is 0 Å². The SMILES string of the molecule is O=C(OCOCc1ccccc1)c1ccc(O)cc1. The van der Waals surface area contributed by atoms with E-state index in [1.165, 1.54) is 24.3 Å². The van der Waals surface area contributed by atoms with E-state index < -0.39 is 5.97 Å². The highest BCUT2D eigenvalue weighted by Crippen LogP contribution is 2.10. The van der Waals surface area contributed by atoms with E-state index in [1.807, 2.05) is 30.3 Å². The van der Waals surface area contributed by atoms with E-state index in [0.29, 0.717) is 12.2 Å². The molecule has 0 unspecified atom stereocenters. The third kappa shape index (κ3) is 4.12. The van der Waals surface area contributed by atoms with Gasteiger partial charge in [-0.05, 0) is 29.8 Å². The van der Waals surface area contributed by atoms with E-state index in [0.717, 1.165) is 5.56 Å². The molecule has 0 saturated heterocycles. The van der Waals surface area contributed by atoms with Gasteiger partial charge in [-0.25, -0.2) is 4.79 Å². The number of hydrogen-bond donors (Lipinski definition) is 1. The van der Waals surface area contributed by atoms with Gasteiger partial charge in [0.1, 0.15) is 5.75 Å². The lowest BCUT2D eigenvalue weighted by atomic mass is 10.2. The predicted octanol–water partition coefficient (Wildman–Crippen LogP) is 2.72. The average molecular weight is 258 g/mol. The van der Waals surface area contributed by atoms with Gasteiger partial charge < -0.3 is 14.6 Å². The fraction of sp³-hybridized carbons (Fsp3) is 0.133. The van der Waals surface area contributed by atoms with Crippen LogP contribution in [0.15, 0.2) is 54.6 Å². The van der Waals surface area contributed by atoms with Crippen molar-refractivity contribution < 1.29 is 19.4 Å². The molecule has 1 N–H and O–H groups in total. The Labute approximate surface area is 111 Å². The Morgan fingerprint density at radius 3 is 2.37 bits per heavy atom. The maximum Gasteiger partial charge on any atom is 0.340 e. The quantitative estimate of drug-likeness (QED) is 0.509. The summed E-state index contributed by atoms with van der Waals surface area (Å²) < 4.78 is 10.2. The number of phenolic OH excluding ortho intramolecular Hbond substituents is 1. The average Bonchev–Trinajstić information content (AvgIpc) is 2.45. The first-order valence-electron chi connectivity index (χ1n) is 5.83. The molecule has 0 bridgehead atoms. The molecule has 0 aliphatic carbocycles. The third-order valence-electron chi connectivity index (χ3n) is 2.49. The van der Waals surface area contributed by atoms with Crippen LogP contribution in [0.2, 0.25) is 0 Å². The minimum absolute atomic E-state index is 0.103. The number of aromatic hydroxyl groups is 1. The molecule has 0 radical (unpaired) electrons. The van der Waals surface area contributed by atoms with E-state index in [9.17, 15) is 4.79 Å². The van der Waals surface area contributed by atoms with Gasteiger partial charge >= 0.3 is 5.97 Å². The van der Waals surface area contributed by atoms with Gasteiger partial charge in [-0.3, -0.25) is 0 Å². The number of rotatable bonds is 5. The van der Waals surface area contributed by atoms with Crippen LogP contribution in [0.5, 0.6) is 5.75 Å². The van der Waals surface area contributed by atoms with Crippen molar-refractivity contribution in [2.45, 2.75) is 6.61 Å². The number of ether oxygens (including phenoxy) is 2. The number of carbonyl (C=O) groups is 1. The summed E-state index contributed by atoms with van der Waals surface area (Å²) in [4.78, 5) is 11.6. The van der Waals surface area contributed by atoms with E-state index >= 15 is 0 Å². The largest absolute Gasteiger partial charge is 0.508 e. The Morgan fingerprint density at radius 1 is 1.00 bits per heavy atom. The van der Waals surface area contributed by atoms with E-state index in [1.54, 1.807) is 0 Å². The van der Waals surface area contributed by atoms with Crippen molar-refractivity contribution in [1.82, 2.24) is 0 Å². The first-order valence-corrected chi connectivity index (χ1v) is 5.83. The Kier molecular flexibility index (Phi) is 4.53. The molecule has 2 rings (SSSR count). The summed E-state index contributed by atoms with van der Waals surface area (Å²) in [6.45, 7) is 0.290. The van der Waals surface area contributed by atoms with Crippen LogP contribution in [-0.2, 0) is 16.1 Å². The van der Waals surface area contributed by atoms with Crippen LogP contribution < -0.4 is 0 Å². The van der Waals surface area contributed by atoms with Gasteiger partial charge in [0.2, 0.25) is 0 Å². The molecule has 19 heavy (non-hydrogen) atoms. The summed E-state index contributed by atoms with van der Waals surface area (Å²) in [5, 5.41) is 9.10. The van der Waals surface area contributed by atoms with Gasteiger partial charge in [0, 0.05) is 0 Å². The number of benzene rings is 2. The molecule has 2 aromatic carbocycles. The third-order valence-corrected chi connectivity index (χ3v) is 2.49. The van der Waals surface area contributed by atoms with Gasteiger partial charge in [-0.1, -0.05) is 30.3 Å². The van der Waals surface area contributed by atoms with Crippen molar-refractivity contribution in [2.75, 3.05) is 6.79 Å². The second kappa shape index (κ2) is 6.56. The molecule has 0 spiro atoms. The van der Waals surface area contributed by atoms with Crippen molar-refractivity contribution in [3.05, 3.63) is 65.7 Å². The maximum absolute atomic E-state index is 11.6. The second-order valence-electron chi connectivity index (χ2n) is 3.93. The molecule has 0 amide bonds. The van der Waals surface area contributed by atoms with Gasteiger partial charge in [0.05, 0.1) is 12.2 Å². The molecule has 2 aromatic rings. The van der Waals surface area contributed by atoms with Crippen molar-refractivity contribution in [2.24, 2.45) is 0 Å².